The lowest BCUT2D eigenvalue weighted by atomic mass is 9.66. The largest absolute Gasteiger partial charge is 0.456 e. The van der Waals surface area contributed by atoms with Gasteiger partial charge in [0.15, 0.2) is 0 Å². The number of hydrogen-bond donors (Lipinski definition) is 0. The Balaban J connectivity index is 0.981. The highest BCUT2D eigenvalue weighted by Crippen LogP contribution is 2.63. The first-order valence-corrected chi connectivity index (χ1v) is 24.1. The van der Waals surface area contributed by atoms with E-state index in [2.05, 4.69) is 241 Å². The van der Waals surface area contributed by atoms with E-state index < -0.39 is 5.41 Å². The van der Waals surface area contributed by atoms with E-state index in [1.165, 1.54) is 66.8 Å². The van der Waals surface area contributed by atoms with Crippen LogP contribution in [0.3, 0.4) is 0 Å². The number of anilines is 3. The van der Waals surface area contributed by atoms with Crippen molar-refractivity contribution in [2.45, 2.75) is 5.41 Å². The van der Waals surface area contributed by atoms with Crippen molar-refractivity contribution in [1.29, 1.82) is 0 Å². The minimum Gasteiger partial charge on any atom is -0.456 e. The zero-order valence-electron chi connectivity index (χ0n) is 37.9. The predicted octanol–water partition coefficient (Wildman–Crippen LogP) is 18.3. The first-order valence-electron chi connectivity index (χ1n) is 24.1. The summed E-state index contributed by atoms with van der Waals surface area (Å²) in [5.41, 5.74) is 23.1. The zero-order valence-corrected chi connectivity index (χ0v) is 37.9. The molecule has 1 spiro atoms. The molecule has 70 heavy (non-hydrogen) atoms. The smallest absolute Gasteiger partial charge is 0.143 e. The summed E-state index contributed by atoms with van der Waals surface area (Å²) in [7, 11) is 0. The second-order valence-electron chi connectivity index (χ2n) is 18.7. The van der Waals surface area contributed by atoms with Crippen molar-refractivity contribution < 1.29 is 8.83 Å². The summed E-state index contributed by atoms with van der Waals surface area (Å²) < 4.78 is 13.2. The summed E-state index contributed by atoms with van der Waals surface area (Å²) in [6.07, 6.45) is 0. The highest BCUT2D eigenvalue weighted by Gasteiger charge is 2.50. The minimum atomic E-state index is -0.610. The number of benzene rings is 11. The van der Waals surface area contributed by atoms with Crippen LogP contribution in [0.4, 0.5) is 17.1 Å². The summed E-state index contributed by atoms with van der Waals surface area (Å²) in [4.78, 5) is 2.46. The molecule has 15 rings (SSSR count). The Morgan fingerprint density at radius 2 is 0.786 bits per heavy atom. The molecule has 0 fully saturated rings. The molecule has 11 aromatic carbocycles. The van der Waals surface area contributed by atoms with Crippen LogP contribution in [-0.4, -0.2) is 0 Å². The monoisotopic (exact) mass is 891 g/mol. The molecule has 0 unspecified atom stereocenters. The Morgan fingerprint density at radius 1 is 0.286 bits per heavy atom. The Labute approximate surface area is 404 Å². The highest BCUT2D eigenvalue weighted by atomic mass is 16.3. The molecule has 0 saturated heterocycles. The lowest BCUT2D eigenvalue weighted by Crippen LogP contribution is -2.29. The molecule has 0 saturated carbocycles. The Kier molecular flexibility index (Phi) is 8.28. The number of rotatable bonds is 5. The average molecular weight is 892 g/mol. The molecule has 2 heterocycles. The average Bonchev–Trinajstić information content (AvgIpc) is 4.07. The van der Waals surface area contributed by atoms with Crippen molar-refractivity contribution in [3.05, 3.63) is 271 Å². The zero-order chi connectivity index (χ0) is 45.9. The van der Waals surface area contributed by atoms with E-state index in [-0.39, 0.29) is 0 Å². The molecule has 2 aliphatic rings. The van der Waals surface area contributed by atoms with Gasteiger partial charge in [0.2, 0.25) is 0 Å². The molecule has 0 amide bonds. The van der Waals surface area contributed by atoms with Crippen LogP contribution in [0.1, 0.15) is 22.3 Å². The fraction of sp³-hybridized carbons (Fsp3) is 0.0149. The fourth-order valence-corrected chi connectivity index (χ4v) is 12.2. The van der Waals surface area contributed by atoms with E-state index in [4.69, 9.17) is 8.83 Å². The molecule has 13 aromatic rings. The molecule has 0 radical (unpaired) electrons. The maximum absolute atomic E-state index is 6.65. The number of furan rings is 2. The van der Waals surface area contributed by atoms with Gasteiger partial charge in [0.1, 0.15) is 22.3 Å². The number of hydrogen-bond acceptors (Lipinski definition) is 3. The van der Waals surface area contributed by atoms with E-state index in [9.17, 15) is 0 Å². The molecule has 0 N–H and O–H groups in total. The predicted molar refractivity (Wildman–Crippen MR) is 288 cm³/mol. The molecule has 326 valence electrons. The van der Waals surface area contributed by atoms with Gasteiger partial charge in [-0.2, -0.15) is 0 Å². The van der Waals surface area contributed by atoms with Crippen molar-refractivity contribution in [2.24, 2.45) is 0 Å². The van der Waals surface area contributed by atoms with Gasteiger partial charge in [0.05, 0.1) is 11.1 Å². The molecule has 0 atom stereocenters. The molecule has 2 aromatic heterocycles. The van der Waals surface area contributed by atoms with Gasteiger partial charge in [-0.05, 0) is 121 Å². The van der Waals surface area contributed by atoms with Crippen LogP contribution >= 0.6 is 0 Å². The van der Waals surface area contributed by atoms with Crippen LogP contribution in [0, 0.1) is 0 Å². The topological polar surface area (TPSA) is 29.5 Å². The normalized spacial score (nSPS) is 13.0. The van der Waals surface area contributed by atoms with Crippen molar-refractivity contribution in [3.8, 4) is 55.6 Å². The van der Waals surface area contributed by atoms with Gasteiger partial charge in [0.25, 0.3) is 0 Å². The highest BCUT2D eigenvalue weighted by molar-refractivity contribution is 6.12. The lowest BCUT2D eigenvalue weighted by molar-refractivity contribution is 0.668. The second-order valence-corrected chi connectivity index (χ2v) is 18.7. The van der Waals surface area contributed by atoms with E-state index >= 15 is 0 Å². The van der Waals surface area contributed by atoms with Crippen molar-refractivity contribution in [3.63, 3.8) is 0 Å². The first-order chi connectivity index (χ1) is 34.7. The third kappa shape index (κ3) is 5.46. The number of nitrogens with zero attached hydrogens (tertiary/aromatic N) is 1. The number of para-hydroxylation sites is 2. The maximum atomic E-state index is 6.65. The summed E-state index contributed by atoms with van der Waals surface area (Å²) in [5.74, 6) is 0. The lowest BCUT2D eigenvalue weighted by Gasteiger charge is -2.35. The van der Waals surface area contributed by atoms with Crippen LogP contribution < -0.4 is 4.90 Å². The molecular weight excluding hydrogens is 851 g/mol. The second kappa shape index (κ2) is 14.9. The van der Waals surface area contributed by atoms with Crippen LogP contribution in [0.5, 0.6) is 0 Å². The van der Waals surface area contributed by atoms with E-state index in [0.717, 1.165) is 72.1 Å². The van der Waals surface area contributed by atoms with Crippen LogP contribution in [0.15, 0.2) is 258 Å². The molecular formula is C67H41NO2. The summed E-state index contributed by atoms with van der Waals surface area (Å²) in [6.45, 7) is 0. The number of fused-ring (bicyclic) bond motifs is 18. The van der Waals surface area contributed by atoms with Crippen LogP contribution in [0.25, 0.3) is 99.5 Å². The van der Waals surface area contributed by atoms with Gasteiger partial charge in [-0.15, -0.1) is 0 Å². The fourth-order valence-electron chi connectivity index (χ4n) is 12.2. The summed E-state index contributed by atoms with van der Waals surface area (Å²) in [5, 5.41) is 4.33. The molecule has 3 nitrogen and oxygen atoms in total. The van der Waals surface area contributed by atoms with Gasteiger partial charge in [-0.1, -0.05) is 194 Å². The molecule has 0 bridgehead atoms. The quantitative estimate of drug-likeness (QED) is 0.172. The van der Waals surface area contributed by atoms with Gasteiger partial charge in [-0.25, -0.2) is 0 Å². The summed E-state index contributed by atoms with van der Waals surface area (Å²) in [6, 6.07) is 90.8. The minimum absolute atomic E-state index is 0.610. The van der Waals surface area contributed by atoms with E-state index in [1.807, 2.05) is 12.1 Å². The maximum Gasteiger partial charge on any atom is 0.143 e. The molecule has 2 aliphatic carbocycles. The van der Waals surface area contributed by atoms with Crippen molar-refractivity contribution in [2.75, 3.05) is 4.90 Å². The van der Waals surface area contributed by atoms with Crippen molar-refractivity contribution in [1.82, 2.24) is 0 Å². The van der Waals surface area contributed by atoms with Crippen molar-refractivity contribution >= 4 is 60.9 Å². The van der Waals surface area contributed by atoms with Crippen LogP contribution in [0.2, 0.25) is 0 Å². The SMILES string of the molecule is c1ccc(-c2ccc(N(c3ccc4oc5ccc(-c6cccc7c6oc6ccccc67)cc5c4c3)c3cccc4c3-c3ccccc3C43c4ccccc4-c4ccccc4-c4ccccc43)cc2)cc1. The molecule has 3 heteroatoms. The summed E-state index contributed by atoms with van der Waals surface area (Å²) >= 11 is 0. The Hall–Kier alpha value is -9.18. The van der Waals surface area contributed by atoms with Crippen LogP contribution in [-0.2, 0) is 5.41 Å². The van der Waals surface area contributed by atoms with Gasteiger partial charge in [-0.3, -0.25) is 0 Å². The Bertz CT molecular complexity index is 4180. The van der Waals surface area contributed by atoms with E-state index in [1.54, 1.807) is 0 Å². The third-order valence-electron chi connectivity index (χ3n) is 15.1. The van der Waals surface area contributed by atoms with Gasteiger partial charge in [0, 0.05) is 44.0 Å². The Morgan fingerprint density at radius 3 is 1.53 bits per heavy atom. The molecule has 0 aliphatic heterocycles. The first kappa shape index (κ1) is 38.9. The third-order valence-corrected chi connectivity index (χ3v) is 15.1. The van der Waals surface area contributed by atoms with Gasteiger partial charge >= 0.3 is 0 Å². The van der Waals surface area contributed by atoms with Gasteiger partial charge < -0.3 is 13.7 Å². The van der Waals surface area contributed by atoms with E-state index in [0.29, 0.717) is 0 Å². The standard InChI is InChI=1S/C67H41NO2/c1-2-16-42(17-3-1)43-32-35-45(36-33-43)68(46-37-39-64-56(41-46)55-40-44(34-38-63(55)69-64)47-24-14-25-53-52-22-9-13-31-62(52)70-66(47)53)61-30-15-29-60-65(61)54-23-8-12-28-59(54)67(60)57-26-10-6-20-50(57)48-18-4-5-19-49(48)51-21-7-11-27-58(51)67/h1-41H.